The Bertz CT molecular complexity index is 462. The Morgan fingerprint density at radius 1 is 1.33 bits per heavy atom. The van der Waals surface area contributed by atoms with E-state index in [0.717, 1.165) is 0 Å². The lowest BCUT2D eigenvalue weighted by atomic mass is 10.0. The van der Waals surface area contributed by atoms with Crippen molar-refractivity contribution in [3.8, 4) is 0 Å². The van der Waals surface area contributed by atoms with Crippen molar-refractivity contribution < 1.29 is 13.9 Å². The monoisotopic (exact) mass is 206 g/mol. The molecule has 0 saturated carbocycles. The highest BCUT2D eigenvalue weighted by atomic mass is 19.1. The van der Waals surface area contributed by atoms with Crippen molar-refractivity contribution in [3.63, 3.8) is 0 Å². The third-order valence-electron chi connectivity index (χ3n) is 2.36. The van der Waals surface area contributed by atoms with Crippen LogP contribution in [0.2, 0.25) is 0 Å². The first-order valence-electron chi connectivity index (χ1n) is 4.66. The lowest BCUT2D eigenvalue weighted by Gasteiger charge is -2.09. The van der Waals surface area contributed by atoms with E-state index in [9.17, 15) is 9.50 Å². The lowest BCUT2D eigenvalue weighted by molar-refractivity contribution is 0.217. The fraction of sp³-hybridized carbons (Fsp3) is 0.167. The van der Waals surface area contributed by atoms with Crippen molar-refractivity contribution >= 4 is 0 Å². The molecule has 0 aliphatic rings. The van der Waals surface area contributed by atoms with Gasteiger partial charge in [0, 0.05) is 5.56 Å². The maximum absolute atomic E-state index is 12.9. The van der Waals surface area contributed by atoms with Crippen LogP contribution in [0.4, 0.5) is 4.39 Å². The summed E-state index contributed by atoms with van der Waals surface area (Å²) in [6.45, 7) is 1.76. The summed E-state index contributed by atoms with van der Waals surface area (Å²) in [5.41, 5.74) is 1.19. The van der Waals surface area contributed by atoms with Crippen LogP contribution in [0.3, 0.4) is 0 Å². The fourth-order valence-corrected chi connectivity index (χ4v) is 1.53. The number of hydrogen-bond acceptors (Lipinski definition) is 2. The second-order valence-electron chi connectivity index (χ2n) is 3.39. The van der Waals surface area contributed by atoms with Gasteiger partial charge in [0.2, 0.25) is 0 Å². The molecular weight excluding hydrogens is 195 g/mol. The van der Waals surface area contributed by atoms with Crippen LogP contribution in [0.25, 0.3) is 0 Å². The molecule has 15 heavy (non-hydrogen) atoms. The summed E-state index contributed by atoms with van der Waals surface area (Å²) in [6.07, 6.45) is 0.673. The summed E-state index contributed by atoms with van der Waals surface area (Å²) in [5, 5.41) is 9.96. The summed E-state index contributed by atoms with van der Waals surface area (Å²) in [5.74, 6) is 0.291. The van der Waals surface area contributed by atoms with Gasteiger partial charge in [0.05, 0.1) is 6.26 Å². The number of aliphatic hydroxyl groups excluding tert-OH is 1. The summed E-state index contributed by atoms with van der Waals surface area (Å²) in [4.78, 5) is 0. The van der Waals surface area contributed by atoms with Gasteiger partial charge < -0.3 is 9.52 Å². The molecule has 0 saturated heterocycles. The van der Waals surface area contributed by atoms with E-state index in [1.54, 1.807) is 25.1 Å². The van der Waals surface area contributed by atoms with E-state index in [1.165, 1.54) is 18.4 Å². The minimum atomic E-state index is -0.834. The Kier molecular flexibility index (Phi) is 2.56. The number of rotatable bonds is 2. The van der Waals surface area contributed by atoms with Crippen molar-refractivity contribution in [2.75, 3.05) is 0 Å². The van der Waals surface area contributed by atoms with Crippen LogP contribution in [0.1, 0.15) is 23.0 Å². The van der Waals surface area contributed by atoms with E-state index in [4.69, 9.17) is 4.42 Å². The second kappa shape index (κ2) is 3.87. The van der Waals surface area contributed by atoms with Gasteiger partial charge in [-0.05, 0) is 30.7 Å². The van der Waals surface area contributed by atoms with Gasteiger partial charge in [-0.3, -0.25) is 0 Å². The smallest absolute Gasteiger partial charge is 0.123 e. The Morgan fingerprint density at radius 2 is 2.13 bits per heavy atom. The average Bonchev–Trinajstić information content (AvgIpc) is 2.63. The van der Waals surface area contributed by atoms with Gasteiger partial charge in [0.1, 0.15) is 17.7 Å². The highest BCUT2D eigenvalue weighted by Gasteiger charge is 2.14. The van der Waals surface area contributed by atoms with Crippen molar-refractivity contribution in [1.82, 2.24) is 0 Å². The predicted molar refractivity (Wildman–Crippen MR) is 53.9 cm³/mol. The van der Waals surface area contributed by atoms with Crippen LogP contribution >= 0.6 is 0 Å². The van der Waals surface area contributed by atoms with Crippen molar-refractivity contribution in [3.05, 3.63) is 59.3 Å². The van der Waals surface area contributed by atoms with E-state index in [0.29, 0.717) is 16.9 Å². The fourth-order valence-electron chi connectivity index (χ4n) is 1.53. The zero-order valence-electron chi connectivity index (χ0n) is 8.27. The van der Waals surface area contributed by atoms with Crippen LogP contribution in [-0.2, 0) is 0 Å². The maximum Gasteiger partial charge on any atom is 0.123 e. The largest absolute Gasteiger partial charge is 0.469 e. The Labute approximate surface area is 87.0 Å². The third kappa shape index (κ3) is 1.92. The van der Waals surface area contributed by atoms with Gasteiger partial charge in [-0.2, -0.15) is 0 Å². The molecule has 78 valence electrons. The minimum Gasteiger partial charge on any atom is -0.469 e. The topological polar surface area (TPSA) is 33.4 Å². The van der Waals surface area contributed by atoms with Crippen molar-refractivity contribution in [2.45, 2.75) is 13.0 Å². The van der Waals surface area contributed by atoms with Crippen molar-refractivity contribution in [2.24, 2.45) is 0 Å². The zero-order chi connectivity index (χ0) is 10.8. The number of aryl methyl sites for hydroxylation is 1. The quantitative estimate of drug-likeness (QED) is 0.819. The first-order chi connectivity index (χ1) is 7.18. The molecule has 0 amide bonds. The van der Waals surface area contributed by atoms with Gasteiger partial charge >= 0.3 is 0 Å². The molecule has 2 nitrogen and oxygen atoms in total. The minimum absolute atomic E-state index is 0.354. The van der Waals surface area contributed by atoms with E-state index in [-0.39, 0.29) is 5.82 Å². The molecule has 1 aromatic carbocycles. The normalized spacial score (nSPS) is 12.7. The number of hydrogen-bond donors (Lipinski definition) is 1. The molecule has 1 aromatic heterocycles. The molecule has 3 heteroatoms. The molecular formula is C12H11FO2. The Balaban J connectivity index is 2.36. The first-order valence-corrected chi connectivity index (χ1v) is 4.66. The molecule has 0 bridgehead atoms. The molecule has 1 N–H and O–H groups in total. The number of furan rings is 1. The predicted octanol–water partition coefficient (Wildman–Crippen LogP) is 2.81. The molecule has 1 atom stereocenters. The summed E-state index contributed by atoms with van der Waals surface area (Å²) in [7, 11) is 0. The Hall–Kier alpha value is -1.61. The highest BCUT2D eigenvalue weighted by molar-refractivity contribution is 5.30. The lowest BCUT2D eigenvalue weighted by Crippen LogP contribution is -2.00. The van der Waals surface area contributed by atoms with Crippen LogP contribution in [0.15, 0.2) is 41.0 Å². The molecule has 0 fully saturated rings. The van der Waals surface area contributed by atoms with Gasteiger partial charge in [-0.25, -0.2) is 4.39 Å². The zero-order valence-corrected chi connectivity index (χ0v) is 8.27. The SMILES string of the molecule is Cc1occc1C(O)c1cccc(F)c1. The molecule has 1 heterocycles. The van der Waals surface area contributed by atoms with Crippen LogP contribution in [0, 0.1) is 12.7 Å². The van der Waals surface area contributed by atoms with Gasteiger partial charge in [-0.1, -0.05) is 12.1 Å². The van der Waals surface area contributed by atoms with Crippen LogP contribution in [-0.4, -0.2) is 5.11 Å². The number of halogens is 1. The molecule has 0 aliphatic carbocycles. The van der Waals surface area contributed by atoms with E-state index in [2.05, 4.69) is 0 Å². The van der Waals surface area contributed by atoms with Gasteiger partial charge in [-0.15, -0.1) is 0 Å². The summed E-state index contributed by atoms with van der Waals surface area (Å²) >= 11 is 0. The van der Waals surface area contributed by atoms with Gasteiger partial charge in [0.25, 0.3) is 0 Å². The highest BCUT2D eigenvalue weighted by Crippen LogP contribution is 2.25. The molecule has 2 rings (SSSR count). The molecule has 0 spiro atoms. The van der Waals surface area contributed by atoms with Gasteiger partial charge in [0.15, 0.2) is 0 Å². The average molecular weight is 206 g/mol. The standard InChI is InChI=1S/C12H11FO2/c1-8-11(5-6-15-8)12(14)9-3-2-4-10(13)7-9/h2-7,12,14H,1H3. The molecule has 0 aliphatic heterocycles. The summed E-state index contributed by atoms with van der Waals surface area (Å²) in [6, 6.07) is 7.60. The molecule has 0 radical (unpaired) electrons. The second-order valence-corrected chi connectivity index (χ2v) is 3.39. The van der Waals surface area contributed by atoms with E-state index < -0.39 is 6.10 Å². The molecule has 1 unspecified atom stereocenters. The van der Waals surface area contributed by atoms with Crippen LogP contribution in [0.5, 0.6) is 0 Å². The number of aliphatic hydroxyl groups is 1. The van der Waals surface area contributed by atoms with E-state index >= 15 is 0 Å². The van der Waals surface area contributed by atoms with E-state index in [1.807, 2.05) is 0 Å². The first kappa shape index (κ1) is 9.93. The number of benzene rings is 1. The van der Waals surface area contributed by atoms with Crippen molar-refractivity contribution in [1.29, 1.82) is 0 Å². The Morgan fingerprint density at radius 3 is 2.73 bits per heavy atom. The summed E-state index contributed by atoms with van der Waals surface area (Å²) < 4.78 is 18.0. The maximum atomic E-state index is 12.9. The third-order valence-corrected chi connectivity index (χ3v) is 2.36. The van der Waals surface area contributed by atoms with Crippen LogP contribution < -0.4 is 0 Å². The molecule has 2 aromatic rings.